The fourth-order valence-corrected chi connectivity index (χ4v) is 1.46. The van der Waals surface area contributed by atoms with Crippen LogP contribution in [0.2, 0.25) is 0 Å². The molecule has 3 nitrogen and oxygen atoms in total. The average molecular weight is 158 g/mol. The third-order valence-electron chi connectivity index (χ3n) is 2.01. The third-order valence-corrected chi connectivity index (χ3v) is 2.01. The summed E-state index contributed by atoms with van der Waals surface area (Å²) in [4.78, 5) is 9.34. The topological polar surface area (TPSA) is 34.2 Å². The fourth-order valence-electron chi connectivity index (χ4n) is 1.46. The third kappa shape index (κ3) is 0.580. The van der Waals surface area contributed by atoms with Crippen molar-refractivity contribution in [1.82, 2.24) is 4.98 Å². The molecule has 12 heavy (non-hydrogen) atoms. The predicted octanol–water partition coefficient (Wildman–Crippen LogP) is 1.95. The molecule has 0 unspecified atom stereocenters. The molecule has 0 radical (unpaired) electrons. The van der Waals surface area contributed by atoms with Crippen LogP contribution in [0.4, 0.5) is 5.82 Å². The van der Waals surface area contributed by atoms with Gasteiger partial charge in [-0.15, -0.1) is 0 Å². The normalized spacial score (nSPS) is 12.7. The second-order valence-corrected chi connectivity index (χ2v) is 2.72. The van der Waals surface area contributed by atoms with Crippen LogP contribution < -0.4 is 10.3 Å². The fraction of sp³-hybridized carbons (Fsp3) is 0. The quantitative estimate of drug-likeness (QED) is 0.636. The van der Waals surface area contributed by atoms with Gasteiger partial charge in [-0.05, 0) is 17.5 Å². The van der Waals surface area contributed by atoms with Crippen molar-refractivity contribution in [3.8, 4) is 5.75 Å². The zero-order valence-corrected chi connectivity index (χ0v) is 6.24. The highest BCUT2D eigenvalue weighted by molar-refractivity contribution is 5.98. The van der Waals surface area contributed by atoms with E-state index in [1.54, 1.807) is 6.20 Å². The number of hydrogen-bond donors (Lipinski definition) is 1. The van der Waals surface area contributed by atoms with Crippen LogP contribution in [0.25, 0.3) is 10.8 Å². The highest BCUT2D eigenvalue weighted by atomic mass is 16.7. The minimum Gasteiger partial charge on any atom is -0.380 e. The van der Waals surface area contributed by atoms with E-state index in [4.69, 9.17) is 4.84 Å². The van der Waals surface area contributed by atoms with Gasteiger partial charge in [0.1, 0.15) is 0 Å². The summed E-state index contributed by atoms with van der Waals surface area (Å²) in [6.45, 7) is 0. The summed E-state index contributed by atoms with van der Waals surface area (Å²) in [5.74, 6) is 1.67. The second-order valence-electron chi connectivity index (χ2n) is 2.72. The second kappa shape index (κ2) is 1.88. The highest BCUT2D eigenvalue weighted by Crippen LogP contribution is 2.34. The number of nitrogens with zero attached hydrogens (tertiary/aromatic N) is 1. The lowest BCUT2D eigenvalue weighted by molar-refractivity contribution is 0.421. The van der Waals surface area contributed by atoms with Gasteiger partial charge in [-0.1, -0.05) is 12.1 Å². The SMILES string of the molecule is c1cc2c3c(nccc3c1)NO2. The van der Waals surface area contributed by atoms with Crippen LogP contribution in [0, 0.1) is 0 Å². The van der Waals surface area contributed by atoms with E-state index in [-0.39, 0.29) is 0 Å². The van der Waals surface area contributed by atoms with Gasteiger partial charge >= 0.3 is 0 Å². The molecule has 1 aliphatic rings. The van der Waals surface area contributed by atoms with Crippen LogP contribution in [-0.4, -0.2) is 4.98 Å². The van der Waals surface area contributed by atoms with E-state index in [0.29, 0.717) is 0 Å². The van der Waals surface area contributed by atoms with Crippen LogP contribution in [0.1, 0.15) is 0 Å². The maximum atomic E-state index is 5.20. The predicted molar refractivity (Wildman–Crippen MR) is 46.0 cm³/mol. The molecule has 58 valence electrons. The number of benzene rings is 1. The first-order chi connectivity index (χ1) is 5.95. The van der Waals surface area contributed by atoms with Crippen molar-refractivity contribution in [2.45, 2.75) is 0 Å². The summed E-state index contributed by atoms with van der Waals surface area (Å²) in [6.07, 6.45) is 1.77. The number of hydrogen-bond acceptors (Lipinski definition) is 3. The molecule has 1 aromatic carbocycles. The first-order valence-corrected chi connectivity index (χ1v) is 3.76. The zero-order chi connectivity index (χ0) is 7.97. The molecular formula is C9H6N2O. The number of aromatic nitrogens is 1. The van der Waals surface area contributed by atoms with Gasteiger partial charge in [0.15, 0.2) is 11.6 Å². The standard InChI is InChI=1S/C9H6N2O/c1-2-6-4-5-10-9-8(6)7(3-1)12-11-9/h1-5H,(H,10,11). The first kappa shape index (κ1) is 5.83. The molecule has 0 saturated carbocycles. The van der Waals surface area contributed by atoms with Crippen LogP contribution >= 0.6 is 0 Å². The molecule has 1 aliphatic heterocycles. The van der Waals surface area contributed by atoms with Crippen molar-refractivity contribution in [3.05, 3.63) is 30.5 Å². The van der Waals surface area contributed by atoms with E-state index >= 15 is 0 Å². The largest absolute Gasteiger partial charge is 0.380 e. The number of rotatable bonds is 0. The van der Waals surface area contributed by atoms with Gasteiger partial charge in [0.2, 0.25) is 0 Å². The maximum Gasteiger partial charge on any atom is 0.171 e. The molecule has 3 heteroatoms. The van der Waals surface area contributed by atoms with E-state index in [1.165, 1.54) is 0 Å². The Labute approximate surface area is 68.9 Å². The lowest BCUT2D eigenvalue weighted by Crippen LogP contribution is -1.97. The summed E-state index contributed by atoms with van der Waals surface area (Å²) in [6, 6.07) is 7.90. The van der Waals surface area contributed by atoms with Gasteiger partial charge in [0.25, 0.3) is 0 Å². The molecule has 0 fully saturated rings. The molecule has 2 heterocycles. The molecule has 0 atom stereocenters. The molecular weight excluding hydrogens is 152 g/mol. The number of anilines is 1. The summed E-state index contributed by atoms with van der Waals surface area (Å²) in [7, 11) is 0. The Bertz CT molecular complexity index is 414. The van der Waals surface area contributed by atoms with Crippen molar-refractivity contribution in [3.63, 3.8) is 0 Å². The monoisotopic (exact) mass is 158 g/mol. The lowest BCUT2D eigenvalue weighted by Gasteiger charge is -1.93. The zero-order valence-electron chi connectivity index (χ0n) is 6.24. The Morgan fingerprint density at radius 1 is 1.25 bits per heavy atom. The molecule has 0 aliphatic carbocycles. The van der Waals surface area contributed by atoms with Gasteiger partial charge in [-0.3, -0.25) is 0 Å². The smallest absolute Gasteiger partial charge is 0.171 e. The van der Waals surface area contributed by atoms with E-state index < -0.39 is 0 Å². The van der Waals surface area contributed by atoms with E-state index in [9.17, 15) is 0 Å². The first-order valence-electron chi connectivity index (χ1n) is 3.76. The van der Waals surface area contributed by atoms with Crippen molar-refractivity contribution < 1.29 is 4.84 Å². The van der Waals surface area contributed by atoms with Crippen molar-refractivity contribution in [2.75, 3.05) is 5.48 Å². The Balaban J connectivity index is 2.58. The average Bonchev–Trinajstić information content (AvgIpc) is 2.52. The Kier molecular flexibility index (Phi) is 0.913. The molecule has 0 amide bonds. The molecule has 3 rings (SSSR count). The van der Waals surface area contributed by atoms with Crippen LogP contribution in [0.15, 0.2) is 30.5 Å². The maximum absolute atomic E-state index is 5.20. The molecule has 0 saturated heterocycles. The number of nitrogens with one attached hydrogen (secondary N) is 1. The van der Waals surface area contributed by atoms with E-state index in [0.717, 1.165) is 22.3 Å². The van der Waals surface area contributed by atoms with Crippen molar-refractivity contribution >= 4 is 16.6 Å². The molecule has 1 N–H and O–H groups in total. The molecule has 2 aromatic rings. The summed E-state index contributed by atoms with van der Waals surface area (Å²) >= 11 is 0. The lowest BCUT2D eigenvalue weighted by atomic mass is 10.1. The van der Waals surface area contributed by atoms with Gasteiger partial charge in [-0.25, -0.2) is 10.5 Å². The summed E-state index contributed by atoms with van der Waals surface area (Å²) < 4.78 is 0. The molecule has 0 bridgehead atoms. The van der Waals surface area contributed by atoms with Gasteiger partial charge in [0.05, 0.1) is 5.39 Å². The highest BCUT2D eigenvalue weighted by Gasteiger charge is 2.14. The van der Waals surface area contributed by atoms with E-state index in [2.05, 4.69) is 10.5 Å². The van der Waals surface area contributed by atoms with Crippen LogP contribution in [-0.2, 0) is 0 Å². The minimum atomic E-state index is 0.808. The van der Waals surface area contributed by atoms with Crippen molar-refractivity contribution in [2.24, 2.45) is 0 Å². The summed E-state index contributed by atoms with van der Waals surface area (Å²) in [5, 5.41) is 2.22. The van der Waals surface area contributed by atoms with Gasteiger partial charge in [-0.2, -0.15) is 0 Å². The van der Waals surface area contributed by atoms with Gasteiger partial charge in [0, 0.05) is 6.20 Å². The minimum absolute atomic E-state index is 0.808. The van der Waals surface area contributed by atoms with Crippen LogP contribution in [0.5, 0.6) is 5.75 Å². The molecule has 1 aromatic heterocycles. The van der Waals surface area contributed by atoms with Crippen LogP contribution in [0.3, 0.4) is 0 Å². The molecule has 0 spiro atoms. The number of pyridine rings is 1. The Morgan fingerprint density at radius 3 is 3.25 bits per heavy atom. The van der Waals surface area contributed by atoms with Crippen molar-refractivity contribution in [1.29, 1.82) is 0 Å². The van der Waals surface area contributed by atoms with Gasteiger partial charge < -0.3 is 4.84 Å². The summed E-state index contributed by atoms with van der Waals surface area (Å²) in [5.41, 5.74) is 2.76. The van der Waals surface area contributed by atoms with E-state index in [1.807, 2.05) is 24.3 Å². The Morgan fingerprint density at radius 2 is 2.25 bits per heavy atom. The Hall–Kier alpha value is -1.77.